The Kier molecular flexibility index (Phi) is 3.22. The second kappa shape index (κ2) is 4.21. The molecule has 0 aliphatic rings. The van der Waals surface area contributed by atoms with Crippen molar-refractivity contribution in [1.29, 1.82) is 0 Å². The number of carbonyl (C=O) groups is 1. The molecule has 0 amide bonds. The first kappa shape index (κ1) is 10.7. The smallest absolute Gasteiger partial charge is 0.356 e. The van der Waals surface area contributed by atoms with E-state index in [9.17, 15) is 4.79 Å². The summed E-state index contributed by atoms with van der Waals surface area (Å²) >= 11 is 0. The van der Waals surface area contributed by atoms with E-state index in [1.807, 2.05) is 0 Å². The van der Waals surface area contributed by atoms with Crippen LogP contribution in [0.5, 0.6) is 0 Å². The number of hydrogen-bond donors (Lipinski definition) is 1. The number of aryl methyl sites for hydroxylation is 2. The standard InChI is InChI=1S/C9H15N3O2/c1-6(2)4-5-12-8(9(13)14)7(3)10-11-12/h6H,4-5H2,1-3H3,(H,13,14). The second-order valence-electron chi connectivity index (χ2n) is 3.73. The maximum absolute atomic E-state index is 10.8. The molecule has 0 aliphatic carbocycles. The van der Waals surface area contributed by atoms with E-state index in [1.165, 1.54) is 4.68 Å². The minimum Gasteiger partial charge on any atom is -0.476 e. The molecule has 0 radical (unpaired) electrons. The first-order chi connectivity index (χ1) is 6.52. The van der Waals surface area contributed by atoms with Gasteiger partial charge in [0.1, 0.15) is 0 Å². The van der Waals surface area contributed by atoms with Gasteiger partial charge in [-0.25, -0.2) is 9.48 Å². The molecule has 5 nitrogen and oxygen atoms in total. The molecule has 0 fully saturated rings. The summed E-state index contributed by atoms with van der Waals surface area (Å²) in [6.07, 6.45) is 0.906. The number of hydrogen-bond acceptors (Lipinski definition) is 3. The lowest BCUT2D eigenvalue weighted by Gasteiger charge is -2.05. The van der Waals surface area contributed by atoms with E-state index in [4.69, 9.17) is 5.11 Å². The second-order valence-corrected chi connectivity index (χ2v) is 3.73. The van der Waals surface area contributed by atoms with Crippen LogP contribution in [0.25, 0.3) is 0 Å². The maximum Gasteiger partial charge on any atom is 0.356 e. The SMILES string of the molecule is Cc1nnn(CCC(C)C)c1C(=O)O. The summed E-state index contributed by atoms with van der Waals surface area (Å²) in [5.74, 6) is -0.433. The van der Waals surface area contributed by atoms with Gasteiger partial charge in [0.05, 0.1) is 5.69 Å². The number of rotatable bonds is 4. The summed E-state index contributed by atoms with van der Waals surface area (Å²) in [6.45, 7) is 6.44. The molecule has 0 unspecified atom stereocenters. The lowest BCUT2D eigenvalue weighted by molar-refractivity contribution is 0.0682. The van der Waals surface area contributed by atoms with Crippen molar-refractivity contribution in [2.75, 3.05) is 0 Å². The highest BCUT2D eigenvalue weighted by molar-refractivity contribution is 5.86. The Hall–Kier alpha value is -1.39. The Morgan fingerprint density at radius 3 is 2.71 bits per heavy atom. The average Bonchev–Trinajstić information content (AvgIpc) is 2.43. The zero-order valence-corrected chi connectivity index (χ0v) is 8.69. The van der Waals surface area contributed by atoms with E-state index in [-0.39, 0.29) is 5.69 Å². The molecule has 0 saturated carbocycles. The van der Waals surface area contributed by atoms with Crippen LogP contribution in [0.3, 0.4) is 0 Å². The van der Waals surface area contributed by atoms with Gasteiger partial charge >= 0.3 is 5.97 Å². The topological polar surface area (TPSA) is 68.0 Å². The lowest BCUT2D eigenvalue weighted by atomic mass is 10.1. The fourth-order valence-electron chi connectivity index (χ4n) is 1.20. The van der Waals surface area contributed by atoms with Crippen molar-refractivity contribution in [2.24, 2.45) is 5.92 Å². The Balaban J connectivity index is 2.81. The van der Waals surface area contributed by atoms with Crippen molar-refractivity contribution < 1.29 is 9.90 Å². The van der Waals surface area contributed by atoms with Crippen LogP contribution >= 0.6 is 0 Å². The molecule has 1 rings (SSSR count). The van der Waals surface area contributed by atoms with Crippen LogP contribution in [0.1, 0.15) is 36.5 Å². The zero-order valence-electron chi connectivity index (χ0n) is 8.69. The van der Waals surface area contributed by atoms with Crippen LogP contribution < -0.4 is 0 Å². The quantitative estimate of drug-likeness (QED) is 0.790. The van der Waals surface area contributed by atoms with Crippen LogP contribution in [-0.2, 0) is 6.54 Å². The Bertz CT molecular complexity index is 331. The fourth-order valence-corrected chi connectivity index (χ4v) is 1.20. The Morgan fingerprint density at radius 2 is 2.21 bits per heavy atom. The van der Waals surface area contributed by atoms with Gasteiger partial charge in [0, 0.05) is 6.54 Å². The van der Waals surface area contributed by atoms with Crippen LogP contribution in [0, 0.1) is 12.8 Å². The summed E-state index contributed by atoms with van der Waals surface area (Å²) in [5, 5.41) is 16.4. The number of nitrogens with zero attached hydrogens (tertiary/aromatic N) is 3. The predicted molar refractivity (Wildman–Crippen MR) is 51.2 cm³/mol. The molecular weight excluding hydrogens is 182 g/mol. The van der Waals surface area contributed by atoms with Gasteiger partial charge in [-0.3, -0.25) is 0 Å². The van der Waals surface area contributed by atoms with Crippen molar-refractivity contribution in [3.8, 4) is 0 Å². The molecule has 1 N–H and O–H groups in total. The van der Waals surface area contributed by atoms with Crippen LogP contribution in [-0.4, -0.2) is 26.1 Å². The summed E-state index contributed by atoms with van der Waals surface area (Å²) in [4.78, 5) is 10.8. The fraction of sp³-hybridized carbons (Fsp3) is 0.667. The molecule has 0 aromatic carbocycles. The third-order valence-corrected chi connectivity index (χ3v) is 2.02. The van der Waals surface area contributed by atoms with E-state index in [2.05, 4.69) is 24.2 Å². The van der Waals surface area contributed by atoms with Crippen molar-refractivity contribution >= 4 is 5.97 Å². The molecular formula is C9H15N3O2. The van der Waals surface area contributed by atoms with Gasteiger partial charge in [-0.15, -0.1) is 5.10 Å². The molecule has 0 aliphatic heterocycles. The molecule has 5 heteroatoms. The monoisotopic (exact) mass is 197 g/mol. The minimum atomic E-state index is -0.962. The van der Waals surface area contributed by atoms with Gasteiger partial charge in [0.25, 0.3) is 0 Å². The van der Waals surface area contributed by atoms with Gasteiger partial charge in [-0.2, -0.15) is 0 Å². The van der Waals surface area contributed by atoms with Crippen LogP contribution in [0.15, 0.2) is 0 Å². The molecule has 0 bridgehead atoms. The van der Waals surface area contributed by atoms with Gasteiger partial charge < -0.3 is 5.11 Å². The van der Waals surface area contributed by atoms with Crippen LogP contribution in [0.4, 0.5) is 0 Å². The normalized spacial score (nSPS) is 10.9. The number of carboxylic acids is 1. The molecule has 0 spiro atoms. The highest BCUT2D eigenvalue weighted by atomic mass is 16.4. The zero-order chi connectivity index (χ0) is 10.7. The first-order valence-electron chi connectivity index (χ1n) is 4.65. The number of aromatic nitrogens is 3. The Morgan fingerprint density at radius 1 is 1.57 bits per heavy atom. The maximum atomic E-state index is 10.8. The summed E-state index contributed by atoms with van der Waals surface area (Å²) < 4.78 is 1.46. The number of carboxylic acid groups (broad SMARTS) is 1. The highest BCUT2D eigenvalue weighted by Crippen LogP contribution is 2.07. The summed E-state index contributed by atoms with van der Waals surface area (Å²) in [6, 6.07) is 0. The van der Waals surface area contributed by atoms with Gasteiger partial charge in [0.15, 0.2) is 5.69 Å². The van der Waals surface area contributed by atoms with Crippen LogP contribution in [0.2, 0.25) is 0 Å². The van der Waals surface area contributed by atoms with E-state index in [0.29, 0.717) is 18.2 Å². The first-order valence-corrected chi connectivity index (χ1v) is 4.65. The van der Waals surface area contributed by atoms with Gasteiger partial charge in [0.2, 0.25) is 0 Å². The van der Waals surface area contributed by atoms with E-state index < -0.39 is 5.97 Å². The van der Waals surface area contributed by atoms with Gasteiger partial charge in [-0.05, 0) is 19.3 Å². The number of aromatic carboxylic acids is 1. The molecule has 0 atom stereocenters. The largest absolute Gasteiger partial charge is 0.476 e. The molecule has 78 valence electrons. The van der Waals surface area contributed by atoms with Crippen molar-refractivity contribution in [2.45, 2.75) is 33.7 Å². The van der Waals surface area contributed by atoms with E-state index >= 15 is 0 Å². The van der Waals surface area contributed by atoms with Crippen molar-refractivity contribution in [3.63, 3.8) is 0 Å². The van der Waals surface area contributed by atoms with Crippen molar-refractivity contribution in [1.82, 2.24) is 15.0 Å². The third-order valence-electron chi connectivity index (χ3n) is 2.02. The molecule has 1 aromatic heterocycles. The summed E-state index contributed by atoms with van der Waals surface area (Å²) in [7, 11) is 0. The molecule has 1 aromatic rings. The summed E-state index contributed by atoms with van der Waals surface area (Å²) in [5.41, 5.74) is 0.673. The molecule has 14 heavy (non-hydrogen) atoms. The van der Waals surface area contributed by atoms with Gasteiger partial charge in [-0.1, -0.05) is 19.1 Å². The molecule has 1 heterocycles. The average molecular weight is 197 g/mol. The van der Waals surface area contributed by atoms with E-state index in [1.54, 1.807) is 6.92 Å². The molecule has 0 saturated heterocycles. The lowest BCUT2D eigenvalue weighted by Crippen LogP contribution is -2.12. The van der Waals surface area contributed by atoms with E-state index in [0.717, 1.165) is 6.42 Å². The predicted octanol–water partition coefficient (Wildman–Crippen LogP) is 1.33. The minimum absolute atomic E-state index is 0.200. The Labute approximate surface area is 82.7 Å². The highest BCUT2D eigenvalue weighted by Gasteiger charge is 2.16. The third kappa shape index (κ3) is 2.31. The van der Waals surface area contributed by atoms with Crippen molar-refractivity contribution in [3.05, 3.63) is 11.4 Å².